The van der Waals surface area contributed by atoms with Crippen LogP contribution in [0, 0.1) is 12.8 Å². The van der Waals surface area contributed by atoms with Crippen LogP contribution in [0.1, 0.15) is 17.0 Å². The molecule has 23 heavy (non-hydrogen) atoms. The molecule has 0 aliphatic carbocycles. The molecule has 1 aromatic heterocycles. The fourth-order valence-corrected chi connectivity index (χ4v) is 3.13. The van der Waals surface area contributed by atoms with Crippen LogP contribution in [0.2, 0.25) is 0 Å². The number of hydrogen-bond donors (Lipinski definition) is 2. The van der Waals surface area contributed by atoms with E-state index in [0.717, 1.165) is 23.6 Å². The number of hydrogen-bond acceptors (Lipinski definition) is 6. The van der Waals surface area contributed by atoms with Crippen molar-refractivity contribution < 1.29 is 19.5 Å². The minimum Gasteiger partial charge on any atom is -0.504 e. The lowest BCUT2D eigenvalue weighted by atomic mass is 10.0. The summed E-state index contributed by atoms with van der Waals surface area (Å²) in [6.07, 6.45) is 0.305. The van der Waals surface area contributed by atoms with Gasteiger partial charge in [0, 0.05) is 38.0 Å². The third kappa shape index (κ3) is 3.65. The van der Waals surface area contributed by atoms with Crippen molar-refractivity contribution in [1.29, 1.82) is 0 Å². The van der Waals surface area contributed by atoms with Crippen LogP contribution in [0.3, 0.4) is 0 Å². The first-order valence-electron chi connectivity index (χ1n) is 7.73. The van der Waals surface area contributed by atoms with Crippen molar-refractivity contribution >= 4 is 0 Å². The van der Waals surface area contributed by atoms with Gasteiger partial charge >= 0.3 is 0 Å². The van der Waals surface area contributed by atoms with E-state index in [2.05, 4.69) is 10.1 Å². The molecule has 6 nitrogen and oxygen atoms in total. The maximum atomic E-state index is 10.3. The van der Waals surface area contributed by atoms with Crippen LogP contribution in [0.15, 0.2) is 28.8 Å². The first kappa shape index (κ1) is 15.8. The van der Waals surface area contributed by atoms with Crippen molar-refractivity contribution in [2.75, 3.05) is 20.2 Å². The average molecular weight is 318 g/mol. The Balaban J connectivity index is 1.61. The number of β-amino-alcohol motifs (C(OH)–C–C–N with tert-alkyl or cyclic N) is 1. The molecule has 124 valence electrons. The van der Waals surface area contributed by atoms with Gasteiger partial charge in [-0.15, -0.1) is 0 Å². The molecule has 1 aliphatic heterocycles. The lowest BCUT2D eigenvalue weighted by Crippen LogP contribution is -2.21. The third-order valence-corrected chi connectivity index (χ3v) is 4.27. The molecule has 0 radical (unpaired) electrons. The number of benzene rings is 1. The molecule has 0 amide bonds. The number of likely N-dealkylation sites (tertiary alicyclic amines) is 1. The van der Waals surface area contributed by atoms with Crippen molar-refractivity contribution in [2.45, 2.75) is 26.0 Å². The molecule has 2 aromatic rings. The lowest BCUT2D eigenvalue weighted by molar-refractivity contribution is 0.137. The molecular formula is C17H22N2O4. The van der Waals surface area contributed by atoms with Crippen molar-refractivity contribution in [3.05, 3.63) is 41.3 Å². The van der Waals surface area contributed by atoms with Crippen molar-refractivity contribution in [2.24, 2.45) is 5.92 Å². The number of aliphatic hydroxyl groups is 1. The largest absolute Gasteiger partial charge is 0.504 e. The Hall–Kier alpha value is -2.05. The van der Waals surface area contributed by atoms with Gasteiger partial charge in [-0.3, -0.25) is 4.90 Å². The highest BCUT2D eigenvalue weighted by Crippen LogP contribution is 2.28. The summed E-state index contributed by atoms with van der Waals surface area (Å²) < 4.78 is 10.3. The first-order chi connectivity index (χ1) is 11.0. The zero-order chi connectivity index (χ0) is 16.4. The van der Waals surface area contributed by atoms with Gasteiger partial charge in [0.15, 0.2) is 11.5 Å². The fourth-order valence-electron chi connectivity index (χ4n) is 3.13. The summed E-state index contributed by atoms with van der Waals surface area (Å²) in [7, 11) is 1.53. The highest BCUT2D eigenvalue weighted by Gasteiger charge is 2.32. The van der Waals surface area contributed by atoms with E-state index in [1.807, 2.05) is 19.1 Å². The van der Waals surface area contributed by atoms with Crippen molar-refractivity contribution in [3.63, 3.8) is 0 Å². The van der Waals surface area contributed by atoms with Crippen LogP contribution in [-0.2, 0) is 13.0 Å². The van der Waals surface area contributed by atoms with Gasteiger partial charge in [-0.25, -0.2) is 0 Å². The molecule has 2 heterocycles. The second kappa shape index (κ2) is 6.60. The first-order valence-corrected chi connectivity index (χ1v) is 7.73. The number of aromatic hydroxyl groups is 1. The summed E-state index contributed by atoms with van der Waals surface area (Å²) in [6, 6.07) is 7.30. The summed E-state index contributed by atoms with van der Waals surface area (Å²) in [6.45, 7) is 3.97. The molecule has 0 bridgehead atoms. The summed E-state index contributed by atoms with van der Waals surface area (Å²) in [5.41, 5.74) is 1.85. The second-order valence-corrected chi connectivity index (χ2v) is 6.17. The molecule has 1 aromatic carbocycles. The predicted octanol–water partition coefficient (Wildman–Crippen LogP) is 1.73. The number of rotatable bonds is 5. The quantitative estimate of drug-likeness (QED) is 0.874. The van der Waals surface area contributed by atoms with E-state index >= 15 is 0 Å². The maximum Gasteiger partial charge on any atom is 0.160 e. The van der Waals surface area contributed by atoms with Gasteiger partial charge in [0.2, 0.25) is 0 Å². The van der Waals surface area contributed by atoms with Gasteiger partial charge in [-0.1, -0.05) is 11.2 Å². The fraction of sp³-hybridized carbons (Fsp3) is 0.471. The highest BCUT2D eigenvalue weighted by molar-refractivity contribution is 5.41. The highest BCUT2D eigenvalue weighted by atomic mass is 16.5. The molecule has 1 saturated heterocycles. The van der Waals surface area contributed by atoms with Gasteiger partial charge in [0.25, 0.3) is 0 Å². The van der Waals surface area contributed by atoms with E-state index in [-0.39, 0.29) is 17.8 Å². The van der Waals surface area contributed by atoms with E-state index < -0.39 is 0 Å². The Labute approximate surface area is 135 Å². The Morgan fingerprint density at radius 2 is 2.17 bits per heavy atom. The number of aromatic nitrogens is 1. The van der Waals surface area contributed by atoms with Gasteiger partial charge < -0.3 is 19.5 Å². The molecule has 0 unspecified atom stereocenters. The summed E-state index contributed by atoms with van der Waals surface area (Å²) in [5.74, 6) is 1.55. The van der Waals surface area contributed by atoms with Crippen LogP contribution in [0.4, 0.5) is 0 Å². The topological polar surface area (TPSA) is 79.0 Å². The number of phenolic OH excluding ortho intramolecular Hbond substituents is 1. The van der Waals surface area contributed by atoms with Gasteiger partial charge in [-0.2, -0.15) is 0 Å². The zero-order valence-electron chi connectivity index (χ0n) is 13.4. The Kier molecular flexibility index (Phi) is 4.54. The van der Waals surface area contributed by atoms with Gasteiger partial charge in [-0.05, 0) is 24.6 Å². The number of methoxy groups -OCH3 is 1. The number of aryl methyl sites for hydroxylation is 1. The third-order valence-electron chi connectivity index (χ3n) is 4.27. The zero-order valence-corrected chi connectivity index (χ0v) is 13.4. The normalized spacial score (nSPS) is 21.7. The van der Waals surface area contributed by atoms with Crippen molar-refractivity contribution in [1.82, 2.24) is 10.1 Å². The summed E-state index contributed by atoms with van der Waals surface area (Å²) in [4.78, 5) is 2.18. The number of nitrogens with zero attached hydrogens (tertiary/aromatic N) is 2. The van der Waals surface area contributed by atoms with Crippen LogP contribution in [-0.4, -0.2) is 46.6 Å². The minimum atomic E-state index is -0.382. The molecule has 2 N–H and O–H groups in total. The van der Waals surface area contributed by atoms with Crippen LogP contribution < -0.4 is 4.74 Å². The lowest BCUT2D eigenvalue weighted by Gasteiger charge is -2.16. The van der Waals surface area contributed by atoms with Gasteiger partial charge in [0.05, 0.1) is 18.9 Å². The average Bonchev–Trinajstić information content (AvgIpc) is 3.06. The Morgan fingerprint density at radius 1 is 1.35 bits per heavy atom. The maximum absolute atomic E-state index is 10.3. The molecule has 0 saturated carbocycles. The standard InChI is InChI=1S/C17H22N2O4/c1-11-5-14(23-18-11)7-13-9-19(10-16(13)21)8-12-3-4-17(22-2)15(20)6-12/h3-6,13,16,20-21H,7-10H2,1-2H3/t13-,16+/m1/s1. The van der Waals surface area contributed by atoms with E-state index in [4.69, 9.17) is 9.26 Å². The smallest absolute Gasteiger partial charge is 0.160 e. The van der Waals surface area contributed by atoms with Crippen LogP contribution in [0.25, 0.3) is 0 Å². The van der Waals surface area contributed by atoms with Crippen LogP contribution >= 0.6 is 0 Å². The molecule has 0 spiro atoms. The minimum absolute atomic E-state index is 0.134. The molecule has 1 aliphatic rings. The number of phenols is 1. The van der Waals surface area contributed by atoms with E-state index in [9.17, 15) is 10.2 Å². The monoisotopic (exact) mass is 318 g/mol. The summed E-state index contributed by atoms with van der Waals surface area (Å²) >= 11 is 0. The summed E-state index contributed by atoms with van der Waals surface area (Å²) in [5, 5.41) is 24.0. The predicted molar refractivity (Wildman–Crippen MR) is 84.4 cm³/mol. The molecule has 2 atom stereocenters. The number of aliphatic hydroxyl groups excluding tert-OH is 1. The Bertz CT molecular complexity index is 670. The molecular weight excluding hydrogens is 296 g/mol. The van der Waals surface area contributed by atoms with E-state index in [1.165, 1.54) is 7.11 Å². The Morgan fingerprint density at radius 3 is 2.83 bits per heavy atom. The second-order valence-electron chi connectivity index (χ2n) is 6.17. The van der Waals surface area contributed by atoms with Crippen LogP contribution in [0.5, 0.6) is 11.5 Å². The van der Waals surface area contributed by atoms with E-state index in [1.54, 1.807) is 12.1 Å². The van der Waals surface area contributed by atoms with Crippen molar-refractivity contribution in [3.8, 4) is 11.5 Å². The molecule has 3 rings (SSSR count). The SMILES string of the molecule is COc1ccc(CN2C[C@@H](Cc3cc(C)no3)[C@@H](O)C2)cc1O. The molecule has 6 heteroatoms. The number of ether oxygens (including phenoxy) is 1. The van der Waals surface area contributed by atoms with E-state index in [0.29, 0.717) is 25.3 Å². The molecule has 1 fully saturated rings. The van der Waals surface area contributed by atoms with Gasteiger partial charge in [0.1, 0.15) is 5.76 Å².